The third-order valence-corrected chi connectivity index (χ3v) is 3.03. The third kappa shape index (κ3) is 2.61. The minimum atomic E-state index is 0.678. The maximum absolute atomic E-state index is 5.09. The van der Waals surface area contributed by atoms with Gasteiger partial charge in [-0.05, 0) is 43.6 Å². The Morgan fingerprint density at radius 1 is 1.54 bits per heavy atom. The highest BCUT2D eigenvalue weighted by Gasteiger charge is 2.22. The molecule has 13 heavy (non-hydrogen) atoms. The molecule has 2 atom stereocenters. The number of hydrogen-bond acceptors (Lipinski definition) is 1. The Morgan fingerprint density at radius 3 is 2.77 bits per heavy atom. The molecule has 0 spiro atoms. The molecule has 74 valence electrons. The first kappa shape index (κ1) is 10.4. The van der Waals surface area contributed by atoms with Crippen LogP contribution in [-0.4, -0.2) is 7.11 Å². The van der Waals surface area contributed by atoms with Gasteiger partial charge in [0.1, 0.15) is 0 Å². The Kier molecular flexibility index (Phi) is 3.58. The van der Waals surface area contributed by atoms with Crippen molar-refractivity contribution in [3.05, 3.63) is 24.0 Å². The van der Waals surface area contributed by atoms with Crippen LogP contribution < -0.4 is 0 Å². The van der Waals surface area contributed by atoms with E-state index in [2.05, 4.69) is 20.4 Å². The number of methoxy groups -OCH3 is 1. The molecule has 1 rings (SSSR count). The lowest BCUT2D eigenvalue weighted by atomic mass is 9.77. The zero-order valence-corrected chi connectivity index (χ0v) is 8.97. The Morgan fingerprint density at radius 2 is 2.23 bits per heavy atom. The molecule has 0 N–H and O–H groups in total. The summed E-state index contributed by atoms with van der Waals surface area (Å²) in [6.07, 6.45) is 5.62. The summed E-state index contributed by atoms with van der Waals surface area (Å²) in [4.78, 5) is 0. The van der Waals surface area contributed by atoms with Crippen LogP contribution in [0.1, 0.15) is 33.1 Å². The second-order valence-electron chi connectivity index (χ2n) is 4.15. The summed E-state index contributed by atoms with van der Waals surface area (Å²) in [5.41, 5.74) is 2.76. The Labute approximate surface area is 81.5 Å². The molecule has 0 aromatic carbocycles. The number of allylic oxidation sites excluding steroid dienone is 2. The second kappa shape index (κ2) is 4.50. The second-order valence-corrected chi connectivity index (χ2v) is 4.15. The van der Waals surface area contributed by atoms with Gasteiger partial charge in [0.25, 0.3) is 0 Å². The van der Waals surface area contributed by atoms with E-state index in [-0.39, 0.29) is 0 Å². The van der Waals surface area contributed by atoms with Crippen molar-refractivity contribution in [3.63, 3.8) is 0 Å². The predicted molar refractivity (Wildman–Crippen MR) is 56.4 cm³/mol. The summed E-state index contributed by atoms with van der Waals surface area (Å²) in [6, 6.07) is 0. The van der Waals surface area contributed by atoms with E-state index in [1.54, 1.807) is 7.11 Å². The zero-order valence-electron chi connectivity index (χ0n) is 8.97. The fraction of sp³-hybridized carbons (Fsp3) is 0.667. The molecule has 1 heteroatoms. The summed E-state index contributed by atoms with van der Waals surface area (Å²) in [6.45, 7) is 8.44. The van der Waals surface area contributed by atoms with Gasteiger partial charge in [0.2, 0.25) is 0 Å². The van der Waals surface area contributed by atoms with Crippen LogP contribution in [0.5, 0.6) is 0 Å². The molecule has 0 heterocycles. The van der Waals surface area contributed by atoms with Gasteiger partial charge in [0, 0.05) is 0 Å². The summed E-state index contributed by atoms with van der Waals surface area (Å²) >= 11 is 0. The number of rotatable bonds is 2. The van der Waals surface area contributed by atoms with E-state index in [9.17, 15) is 0 Å². The monoisotopic (exact) mass is 180 g/mol. The van der Waals surface area contributed by atoms with Crippen molar-refractivity contribution in [1.29, 1.82) is 0 Å². The molecule has 0 aliphatic heterocycles. The molecular formula is C12H20O. The molecule has 0 radical (unpaired) electrons. The van der Waals surface area contributed by atoms with E-state index >= 15 is 0 Å². The fourth-order valence-electron chi connectivity index (χ4n) is 1.96. The molecule has 0 bridgehead atoms. The van der Waals surface area contributed by atoms with Crippen molar-refractivity contribution >= 4 is 0 Å². The van der Waals surface area contributed by atoms with Crippen molar-refractivity contribution < 1.29 is 4.74 Å². The lowest BCUT2D eigenvalue weighted by Gasteiger charge is -2.29. The van der Waals surface area contributed by atoms with Gasteiger partial charge in [-0.2, -0.15) is 0 Å². The molecule has 1 aliphatic rings. The molecule has 0 saturated heterocycles. The molecule has 1 nitrogen and oxygen atoms in total. The van der Waals surface area contributed by atoms with Gasteiger partial charge in [-0.3, -0.25) is 0 Å². The van der Waals surface area contributed by atoms with E-state index in [0.717, 1.165) is 6.42 Å². The zero-order chi connectivity index (χ0) is 9.84. The van der Waals surface area contributed by atoms with Crippen LogP contribution in [0.15, 0.2) is 24.0 Å². The van der Waals surface area contributed by atoms with Crippen molar-refractivity contribution in [3.8, 4) is 0 Å². The van der Waals surface area contributed by atoms with Crippen LogP contribution in [0.25, 0.3) is 0 Å². The standard InChI is InChI=1S/C12H20O/c1-9(2)11-6-5-10(3)12(7-11)8-13-4/h8,10-11H,1,5-7H2,2-4H3/b12-8-/t10?,11-/m1/s1. The Hall–Kier alpha value is -0.720. The van der Waals surface area contributed by atoms with Crippen molar-refractivity contribution in [2.45, 2.75) is 33.1 Å². The van der Waals surface area contributed by atoms with Crippen LogP contribution in [0.3, 0.4) is 0 Å². The van der Waals surface area contributed by atoms with E-state index in [0.29, 0.717) is 11.8 Å². The first-order chi connectivity index (χ1) is 6.15. The average Bonchev–Trinajstić information content (AvgIpc) is 2.08. The number of hydrogen-bond donors (Lipinski definition) is 0. The maximum atomic E-state index is 5.09. The van der Waals surface area contributed by atoms with Crippen LogP contribution in [0, 0.1) is 11.8 Å². The van der Waals surface area contributed by atoms with E-state index in [1.807, 2.05) is 6.26 Å². The molecule has 1 saturated carbocycles. The Balaban J connectivity index is 2.63. The maximum Gasteiger partial charge on any atom is 0.0819 e. The minimum Gasteiger partial charge on any atom is -0.504 e. The summed E-state index contributed by atoms with van der Waals surface area (Å²) in [7, 11) is 1.73. The SMILES string of the molecule is C=C(C)[C@@H]1CCC(C)/C(=C\OC)C1. The fourth-order valence-corrected chi connectivity index (χ4v) is 1.96. The normalized spacial score (nSPS) is 31.8. The van der Waals surface area contributed by atoms with E-state index in [4.69, 9.17) is 4.74 Å². The minimum absolute atomic E-state index is 0.678. The molecule has 1 unspecified atom stereocenters. The molecule has 0 aromatic heterocycles. The Bertz CT molecular complexity index is 215. The van der Waals surface area contributed by atoms with Crippen molar-refractivity contribution in [2.24, 2.45) is 11.8 Å². The molecule has 0 aromatic rings. The molecular weight excluding hydrogens is 160 g/mol. The average molecular weight is 180 g/mol. The van der Waals surface area contributed by atoms with Crippen molar-refractivity contribution in [1.82, 2.24) is 0 Å². The van der Waals surface area contributed by atoms with Crippen LogP contribution >= 0.6 is 0 Å². The topological polar surface area (TPSA) is 9.23 Å². The largest absolute Gasteiger partial charge is 0.504 e. The van der Waals surface area contributed by atoms with Gasteiger partial charge in [0.05, 0.1) is 13.4 Å². The first-order valence-electron chi connectivity index (χ1n) is 5.02. The lowest BCUT2D eigenvalue weighted by molar-refractivity contribution is 0.311. The highest BCUT2D eigenvalue weighted by atomic mass is 16.5. The number of ether oxygens (including phenoxy) is 1. The van der Waals surface area contributed by atoms with Gasteiger partial charge >= 0.3 is 0 Å². The van der Waals surface area contributed by atoms with Gasteiger partial charge in [-0.25, -0.2) is 0 Å². The molecule has 1 fully saturated rings. The predicted octanol–water partition coefficient (Wildman–Crippen LogP) is 3.53. The highest BCUT2D eigenvalue weighted by Crippen LogP contribution is 2.36. The summed E-state index contributed by atoms with van der Waals surface area (Å²) in [5.74, 6) is 1.37. The van der Waals surface area contributed by atoms with E-state index in [1.165, 1.54) is 24.0 Å². The molecule has 0 amide bonds. The lowest BCUT2D eigenvalue weighted by Crippen LogP contribution is -2.16. The summed E-state index contributed by atoms with van der Waals surface area (Å²) < 4.78 is 5.09. The smallest absolute Gasteiger partial charge is 0.0819 e. The molecule has 1 aliphatic carbocycles. The van der Waals surface area contributed by atoms with E-state index < -0.39 is 0 Å². The first-order valence-corrected chi connectivity index (χ1v) is 5.02. The highest BCUT2D eigenvalue weighted by molar-refractivity contribution is 5.12. The van der Waals surface area contributed by atoms with Gasteiger partial charge in [-0.15, -0.1) is 0 Å². The van der Waals surface area contributed by atoms with Gasteiger partial charge < -0.3 is 4.74 Å². The van der Waals surface area contributed by atoms with Gasteiger partial charge in [-0.1, -0.05) is 19.1 Å². The van der Waals surface area contributed by atoms with Crippen molar-refractivity contribution in [2.75, 3.05) is 7.11 Å². The third-order valence-electron chi connectivity index (χ3n) is 3.03. The quantitative estimate of drug-likeness (QED) is 0.466. The van der Waals surface area contributed by atoms with Gasteiger partial charge in [0.15, 0.2) is 0 Å². The van der Waals surface area contributed by atoms with Crippen LogP contribution in [0.4, 0.5) is 0 Å². The van der Waals surface area contributed by atoms with Crippen LogP contribution in [0.2, 0.25) is 0 Å². The summed E-state index contributed by atoms with van der Waals surface area (Å²) in [5, 5.41) is 0. The van der Waals surface area contributed by atoms with Crippen LogP contribution in [-0.2, 0) is 4.74 Å².